The molecule has 0 radical (unpaired) electrons. The highest BCUT2D eigenvalue weighted by Gasteiger charge is 2.01. The molecule has 2 heterocycles. The number of fused-ring (bicyclic) bond motifs is 1. The summed E-state index contributed by atoms with van der Waals surface area (Å²) < 4.78 is 2.22. The van der Waals surface area contributed by atoms with Crippen molar-refractivity contribution in [2.24, 2.45) is 0 Å². The Morgan fingerprint density at radius 3 is 3.18 bits per heavy atom. The lowest BCUT2D eigenvalue weighted by molar-refractivity contribution is 0.873. The van der Waals surface area contributed by atoms with Gasteiger partial charge in [-0.15, -0.1) is 5.10 Å². The minimum Gasteiger partial charge on any atom is -0.380 e. The van der Waals surface area contributed by atoms with Crippen molar-refractivity contribution in [1.82, 2.24) is 19.6 Å². The van der Waals surface area contributed by atoms with Gasteiger partial charge in [-0.3, -0.25) is 0 Å². The Balaban J connectivity index is 2.91. The zero-order valence-electron chi connectivity index (χ0n) is 5.40. The largest absolute Gasteiger partial charge is 0.380 e. The molecule has 0 saturated carbocycles. The van der Waals surface area contributed by atoms with Crippen LogP contribution in [0.1, 0.15) is 0 Å². The number of imidazole rings is 1. The fraction of sp³-hybridized carbons (Fsp3) is 0. The van der Waals surface area contributed by atoms with Gasteiger partial charge in [-0.2, -0.15) is 0 Å². The predicted molar refractivity (Wildman–Crippen MR) is 47.9 cm³/mol. The molecule has 2 aromatic heterocycles. The van der Waals surface area contributed by atoms with Gasteiger partial charge in [-0.25, -0.2) is 14.5 Å². The van der Waals surface area contributed by atoms with Crippen molar-refractivity contribution in [1.29, 1.82) is 0 Å². The average Bonchev–Trinajstić information content (AvgIpc) is 2.34. The SMILES string of the molecule is Nc1nc(I)nn2ccnc12. The number of aromatic nitrogens is 4. The summed E-state index contributed by atoms with van der Waals surface area (Å²) in [6, 6.07) is 0. The van der Waals surface area contributed by atoms with Gasteiger partial charge >= 0.3 is 0 Å². The highest BCUT2D eigenvalue weighted by atomic mass is 127. The van der Waals surface area contributed by atoms with Crippen LogP contribution in [0.3, 0.4) is 0 Å². The number of nitrogens with zero attached hydrogens (tertiary/aromatic N) is 4. The Morgan fingerprint density at radius 2 is 2.36 bits per heavy atom. The van der Waals surface area contributed by atoms with E-state index in [2.05, 4.69) is 15.1 Å². The lowest BCUT2D eigenvalue weighted by Gasteiger charge is -1.95. The third kappa shape index (κ3) is 1.02. The molecule has 0 amide bonds. The van der Waals surface area contributed by atoms with Gasteiger partial charge in [0, 0.05) is 35.0 Å². The zero-order chi connectivity index (χ0) is 7.84. The minimum absolute atomic E-state index is 0.411. The van der Waals surface area contributed by atoms with Gasteiger partial charge in [-0.1, -0.05) is 0 Å². The molecule has 2 aromatic rings. The normalized spacial score (nSPS) is 10.6. The summed E-state index contributed by atoms with van der Waals surface area (Å²) in [5, 5.41) is 4.05. The third-order valence-corrected chi connectivity index (χ3v) is 1.71. The number of halogens is 1. The summed E-state index contributed by atoms with van der Waals surface area (Å²) in [5.41, 5.74) is 6.16. The van der Waals surface area contributed by atoms with E-state index in [9.17, 15) is 0 Å². The van der Waals surface area contributed by atoms with Gasteiger partial charge in [0.2, 0.25) is 3.83 Å². The second kappa shape index (κ2) is 2.29. The summed E-state index contributed by atoms with van der Waals surface area (Å²) in [4.78, 5) is 7.91. The molecular weight excluding hydrogens is 257 g/mol. The highest BCUT2D eigenvalue weighted by Crippen LogP contribution is 2.07. The minimum atomic E-state index is 0.411. The van der Waals surface area contributed by atoms with Gasteiger partial charge in [0.25, 0.3) is 0 Å². The molecule has 6 heteroatoms. The van der Waals surface area contributed by atoms with Crippen LogP contribution in [0.5, 0.6) is 0 Å². The van der Waals surface area contributed by atoms with E-state index in [-0.39, 0.29) is 0 Å². The van der Waals surface area contributed by atoms with Crippen LogP contribution in [-0.2, 0) is 0 Å². The van der Waals surface area contributed by atoms with Crippen molar-refractivity contribution in [3.8, 4) is 0 Å². The number of anilines is 1. The first-order valence-electron chi connectivity index (χ1n) is 2.90. The van der Waals surface area contributed by atoms with Crippen LogP contribution in [0.2, 0.25) is 0 Å². The van der Waals surface area contributed by atoms with E-state index in [0.717, 1.165) is 0 Å². The molecule has 0 spiro atoms. The van der Waals surface area contributed by atoms with Gasteiger partial charge in [0.15, 0.2) is 11.5 Å². The molecule has 2 rings (SSSR count). The van der Waals surface area contributed by atoms with Crippen molar-refractivity contribution in [2.75, 3.05) is 5.73 Å². The number of nitrogen functional groups attached to an aromatic ring is 1. The molecule has 5 nitrogen and oxygen atoms in total. The van der Waals surface area contributed by atoms with E-state index < -0.39 is 0 Å². The molecule has 0 aromatic carbocycles. The quantitative estimate of drug-likeness (QED) is 0.693. The standard InChI is InChI=1S/C5H4IN5/c6-5-9-3(7)4-8-1-2-11(4)10-5/h1-2H,(H2,7,9,10). The molecule has 56 valence electrons. The monoisotopic (exact) mass is 261 g/mol. The van der Waals surface area contributed by atoms with E-state index >= 15 is 0 Å². The Hall–Kier alpha value is -0.920. The van der Waals surface area contributed by atoms with Crippen LogP contribution in [-0.4, -0.2) is 19.6 Å². The van der Waals surface area contributed by atoms with E-state index in [0.29, 0.717) is 15.3 Å². The topological polar surface area (TPSA) is 69.1 Å². The maximum atomic E-state index is 5.56. The van der Waals surface area contributed by atoms with Crippen LogP contribution in [0.15, 0.2) is 12.4 Å². The van der Waals surface area contributed by atoms with E-state index in [1.807, 2.05) is 22.6 Å². The molecule has 0 unspecified atom stereocenters. The van der Waals surface area contributed by atoms with Crippen molar-refractivity contribution in [3.63, 3.8) is 0 Å². The van der Waals surface area contributed by atoms with Gasteiger partial charge in [0.1, 0.15) is 0 Å². The first-order valence-corrected chi connectivity index (χ1v) is 3.97. The molecule has 0 aliphatic carbocycles. The van der Waals surface area contributed by atoms with Crippen molar-refractivity contribution in [3.05, 3.63) is 16.2 Å². The fourth-order valence-electron chi connectivity index (χ4n) is 0.822. The van der Waals surface area contributed by atoms with Gasteiger partial charge in [0.05, 0.1) is 0 Å². The Bertz CT molecular complexity index is 395. The first kappa shape index (κ1) is 6.77. The van der Waals surface area contributed by atoms with Gasteiger partial charge < -0.3 is 5.73 Å². The van der Waals surface area contributed by atoms with Crippen LogP contribution in [0.4, 0.5) is 5.82 Å². The molecule has 0 bridgehead atoms. The van der Waals surface area contributed by atoms with Crippen molar-refractivity contribution in [2.45, 2.75) is 0 Å². The second-order valence-electron chi connectivity index (χ2n) is 1.96. The van der Waals surface area contributed by atoms with Crippen LogP contribution >= 0.6 is 22.6 Å². The Kier molecular flexibility index (Phi) is 1.41. The number of nitrogens with two attached hydrogens (primary N) is 1. The first-order chi connectivity index (χ1) is 5.27. The maximum absolute atomic E-state index is 5.56. The molecular formula is C5H4IN5. The van der Waals surface area contributed by atoms with Crippen molar-refractivity contribution >= 4 is 34.1 Å². The van der Waals surface area contributed by atoms with Crippen LogP contribution < -0.4 is 5.73 Å². The summed E-state index contributed by atoms with van der Waals surface area (Å²) in [6.07, 6.45) is 3.37. The molecule has 0 atom stereocenters. The average molecular weight is 261 g/mol. The fourth-order valence-corrected chi connectivity index (χ4v) is 1.31. The predicted octanol–water partition coefficient (Wildman–Crippen LogP) is 0.311. The summed E-state index contributed by atoms with van der Waals surface area (Å²) in [5.74, 6) is 0.411. The molecule has 11 heavy (non-hydrogen) atoms. The molecule has 0 aliphatic rings. The third-order valence-electron chi connectivity index (χ3n) is 1.25. The lowest BCUT2D eigenvalue weighted by Crippen LogP contribution is -2.02. The van der Waals surface area contributed by atoms with Crippen molar-refractivity contribution < 1.29 is 0 Å². The molecule has 0 aliphatic heterocycles. The highest BCUT2D eigenvalue weighted by molar-refractivity contribution is 14.1. The number of rotatable bonds is 0. The second-order valence-corrected chi connectivity index (χ2v) is 2.93. The van der Waals surface area contributed by atoms with Gasteiger partial charge in [-0.05, 0) is 0 Å². The number of hydrogen-bond acceptors (Lipinski definition) is 4. The number of hydrogen-bond donors (Lipinski definition) is 1. The van der Waals surface area contributed by atoms with E-state index in [1.54, 1.807) is 16.9 Å². The Morgan fingerprint density at radius 1 is 1.55 bits per heavy atom. The maximum Gasteiger partial charge on any atom is 0.212 e. The summed E-state index contributed by atoms with van der Waals surface area (Å²) in [6.45, 7) is 0. The van der Waals surface area contributed by atoms with E-state index in [4.69, 9.17) is 5.73 Å². The Labute approximate surface area is 75.8 Å². The smallest absolute Gasteiger partial charge is 0.212 e. The summed E-state index contributed by atoms with van der Waals surface area (Å²) >= 11 is 2.00. The van der Waals surface area contributed by atoms with E-state index in [1.165, 1.54) is 0 Å². The van der Waals surface area contributed by atoms with Crippen LogP contribution in [0, 0.1) is 3.83 Å². The summed E-state index contributed by atoms with van der Waals surface area (Å²) in [7, 11) is 0. The molecule has 2 N–H and O–H groups in total. The zero-order valence-corrected chi connectivity index (χ0v) is 7.56. The van der Waals surface area contributed by atoms with Crippen LogP contribution in [0.25, 0.3) is 5.65 Å². The lowest BCUT2D eigenvalue weighted by atomic mass is 10.7. The molecule has 0 fully saturated rings. The molecule has 0 saturated heterocycles.